The first-order valence-electron chi connectivity index (χ1n) is 9.74. The fourth-order valence-electron chi connectivity index (χ4n) is 3.10. The minimum atomic E-state index is -0.345. The second-order valence-electron chi connectivity index (χ2n) is 8.56. The summed E-state index contributed by atoms with van der Waals surface area (Å²) in [6.45, 7) is 8.34. The molecule has 0 aliphatic heterocycles. The Bertz CT molecular complexity index is 1080. The van der Waals surface area contributed by atoms with E-state index in [-0.39, 0.29) is 46.0 Å². The highest BCUT2D eigenvalue weighted by atomic mass is 32.1. The van der Waals surface area contributed by atoms with Crippen LogP contribution in [-0.2, 0) is 0 Å². The van der Waals surface area contributed by atoms with Gasteiger partial charge in [-0.2, -0.15) is 0 Å². The number of carbonyl (C=O) groups is 1. The number of aryl methyl sites for hydroxylation is 1. The van der Waals surface area contributed by atoms with E-state index >= 15 is 0 Å². The molecule has 0 bridgehead atoms. The number of aromatic hydroxyl groups is 1. The molecule has 9 nitrogen and oxygen atoms in total. The van der Waals surface area contributed by atoms with Crippen LogP contribution in [0.4, 0.5) is 17.3 Å². The van der Waals surface area contributed by atoms with Crippen LogP contribution in [0.15, 0.2) is 35.0 Å². The van der Waals surface area contributed by atoms with Crippen molar-refractivity contribution in [2.75, 3.05) is 24.7 Å². The molecule has 2 heterocycles. The molecule has 0 fully saturated rings. The Morgan fingerprint density at radius 2 is 1.97 bits per heavy atom. The van der Waals surface area contributed by atoms with E-state index < -0.39 is 0 Å². The highest BCUT2D eigenvalue weighted by Crippen LogP contribution is 2.40. The van der Waals surface area contributed by atoms with E-state index in [0.29, 0.717) is 4.90 Å². The number of anilines is 3. The molecule has 166 valence electrons. The number of rotatable bonds is 6. The summed E-state index contributed by atoms with van der Waals surface area (Å²) in [6.07, 6.45) is 0. The Hall–Kier alpha value is -3.27. The third-order valence-electron chi connectivity index (χ3n) is 4.74. The molecule has 0 spiro atoms. The molecule has 0 saturated carbocycles. The minimum absolute atomic E-state index is 0.0901. The first-order valence-corrected chi connectivity index (χ1v) is 10.6. The van der Waals surface area contributed by atoms with Gasteiger partial charge in [-0.3, -0.25) is 10.1 Å². The van der Waals surface area contributed by atoms with Crippen LogP contribution in [-0.4, -0.2) is 40.4 Å². The molecular weight excluding hydrogens is 418 g/mol. The van der Waals surface area contributed by atoms with Gasteiger partial charge in [-0.15, -0.1) is 11.3 Å². The third-order valence-corrected chi connectivity index (χ3v) is 5.81. The van der Waals surface area contributed by atoms with Crippen molar-refractivity contribution in [1.29, 1.82) is 0 Å². The van der Waals surface area contributed by atoms with Crippen LogP contribution < -0.4 is 15.5 Å². The van der Waals surface area contributed by atoms with Gasteiger partial charge in [-0.05, 0) is 36.6 Å². The van der Waals surface area contributed by atoms with Gasteiger partial charge in [-0.25, -0.2) is 0 Å². The van der Waals surface area contributed by atoms with Crippen LogP contribution in [0.3, 0.4) is 0 Å². The number of hydrogen-bond donors (Lipinski definition) is 4. The smallest absolute Gasteiger partial charge is 0.370 e. The predicted octanol–water partition coefficient (Wildman–Crippen LogP) is 3.92. The van der Waals surface area contributed by atoms with Gasteiger partial charge in [0.25, 0.3) is 5.91 Å². The number of nitrogens with one attached hydrogen (secondary N) is 2. The molecule has 0 aliphatic rings. The first-order chi connectivity index (χ1) is 14.5. The van der Waals surface area contributed by atoms with Crippen molar-refractivity contribution in [2.45, 2.75) is 33.7 Å². The summed E-state index contributed by atoms with van der Waals surface area (Å²) in [7, 11) is 3.20. The van der Waals surface area contributed by atoms with E-state index in [2.05, 4.69) is 48.7 Å². The van der Waals surface area contributed by atoms with Crippen LogP contribution in [0.5, 0.6) is 5.75 Å². The van der Waals surface area contributed by atoms with E-state index in [1.165, 1.54) is 15.8 Å². The van der Waals surface area contributed by atoms with Gasteiger partial charge in [0.2, 0.25) is 0 Å². The molecule has 0 radical (unpaired) electrons. The largest absolute Gasteiger partial charge is 0.504 e. The lowest BCUT2D eigenvalue weighted by molar-refractivity contribution is -1.03. The van der Waals surface area contributed by atoms with Crippen molar-refractivity contribution in [3.8, 4) is 5.75 Å². The lowest BCUT2D eigenvalue weighted by Crippen LogP contribution is -2.31. The summed E-state index contributed by atoms with van der Waals surface area (Å²) in [6, 6.07) is 8.74. The topological polar surface area (TPSA) is 115 Å². The van der Waals surface area contributed by atoms with Crippen LogP contribution in [0.2, 0.25) is 0 Å². The fraction of sp³-hybridized carbons (Fsp3) is 0.381. The Balaban J connectivity index is 1.95. The number of carbonyl (C=O) groups excluding carboxylic acids is 1. The van der Waals surface area contributed by atoms with Crippen molar-refractivity contribution >= 4 is 34.6 Å². The maximum absolute atomic E-state index is 12.3. The maximum atomic E-state index is 12.3. The summed E-state index contributed by atoms with van der Waals surface area (Å²) in [5.74, 6) is -0.235. The van der Waals surface area contributed by atoms with E-state index in [1.807, 2.05) is 6.92 Å². The molecule has 0 aliphatic carbocycles. The van der Waals surface area contributed by atoms with Gasteiger partial charge in [0.1, 0.15) is 15.7 Å². The number of aromatic nitrogens is 2. The molecule has 1 amide bonds. The molecule has 3 aromatic rings. The molecular formula is C21H28N5O4S+. The maximum Gasteiger partial charge on any atom is 0.370 e. The van der Waals surface area contributed by atoms with Gasteiger partial charge in [0, 0.05) is 23.8 Å². The number of thiophene rings is 1. The summed E-state index contributed by atoms with van der Waals surface area (Å²) in [4.78, 5) is 16.5. The number of para-hydroxylation sites is 1. The predicted molar refractivity (Wildman–Crippen MR) is 118 cm³/mol. The molecule has 0 unspecified atom stereocenters. The zero-order valence-corrected chi connectivity index (χ0v) is 19.2. The van der Waals surface area contributed by atoms with Crippen molar-refractivity contribution in [2.24, 2.45) is 5.41 Å². The number of phenols is 1. The van der Waals surface area contributed by atoms with Gasteiger partial charge in [0.15, 0.2) is 5.75 Å². The minimum Gasteiger partial charge on any atom is -0.504 e. The summed E-state index contributed by atoms with van der Waals surface area (Å²) < 4.78 is 4.92. The molecule has 1 atom stereocenters. The molecule has 2 aromatic heterocycles. The van der Waals surface area contributed by atoms with Crippen LogP contribution >= 0.6 is 11.3 Å². The highest BCUT2D eigenvalue weighted by molar-refractivity contribution is 7.12. The molecule has 10 heteroatoms. The highest BCUT2D eigenvalue weighted by Gasteiger charge is 2.34. The Morgan fingerprint density at radius 1 is 1.26 bits per heavy atom. The van der Waals surface area contributed by atoms with Crippen molar-refractivity contribution in [3.05, 3.63) is 45.6 Å². The number of benzene rings is 1. The van der Waals surface area contributed by atoms with Crippen LogP contribution in [0.25, 0.3) is 0 Å². The quantitative estimate of drug-likeness (QED) is 0.335. The fourth-order valence-corrected chi connectivity index (χ4v) is 4.28. The number of phenolic OH excluding ortho intramolecular Hbond substituents is 1. The molecule has 0 saturated heterocycles. The molecule has 4 N–H and O–H groups in total. The van der Waals surface area contributed by atoms with Crippen molar-refractivity contribution < 1.29 is 24.6 Å². The summed E-state index contributed by atoms with van der Waals surface area (Å²) in [5.41, 5.74) is 0.182. The van der Waals surface area contributed by atoms with E-state index in [9.17, 15) is 15.1 Å². The van der Waals surface area contributed by atoms with Gasteiger partial charge >= 0.3 is 11.6 Å². The van der Waals surface area contributed by atoms with Crippen molar-refractivity contribution in [3.63, 3.8) is 0 Å². The van der Waals surface area contributed by atoms with Gasteiger partial charge in [-0.1, -0.05) is 31.5 Å². The first kappa shape index (κ1) is 22.4. The second-order valence-corrected chi connectivity index (χ2v) is 9.88. The monoisotopic (exact) mass is 446 g/mol. The summed E-state index contributed by atoms with van der Waals surface area (Å²) >= 11 is 1.68. The Kier molecular flexibility index (Phi) is 6.12. The Labute approximate surface area is 184 Å². The van der Waals surface area contributed by atoms with Crippen molar-refractivity contribution in [1.82, 2.24) is 10.1 Å². The number of hydrogen-bond acceptors (Lipinski definition) is 8. The molecule has 31 heavy (non-hydrogen) atoms. The van der Waals surface area contributed by atoms with Gasteiger partial charge in [0.05, 0.1) is 11.6 Å². The normalized spacial score (nSPS) is 12.5. The number of nitrogens with zero attached hydrogens (tertiary/aromatic N) is 3. The molecule has 1 aromatic carbocycles. The molecule has 3 rings (SSSR count). The van der Waals surface area contributed by atoms with E-state index in [1.54, 1.807) is 37.6 Å². The second kappa shape index (κ2) is 8.46. The average Bonchev–Trinajstić information content (AvgIpc) is 3.26. The zero-order valence-electron chi connectivity index (χ0n) is 18.4. The van der Waals surface area contributed by atoms with Crippen LogP contribution in [0, 0.1) is 12.3 Å². The lowest BCUT2D eigenvalue weighted by atomic mass is 9.86. The number of amides is 1. The zero-order chi connectivity index (χ0) is 22.9. The third kappa shape index (κ3) is 4.74. The lowest BCUT2D eigenvalue weighted by Gasteiger charge is -2.29. The average molecular weight is 447 g/mol. The van der Waals surface area contributed by atoms with E-state index in [4.69, 9.17) is 4.63 Å². The SMILES string of the molecule is Cc1ccc([C@H](Nc2no[n+](O)c2Nc2cccc(C(=O)N(C)C)c2O)C(C)(C)C)s1. The van der Waals surface area contributed by atoms with Crippen LogP contribution in [0.1, 0.15) is 46.9 Å². The van der Waals surface area contributed by atoms with Gasteiger partial charge < -0.3 is 20.5 Å². The Morgan fingerprint density at radius 3 is 2.55 bits per heavy atom. The van der Waals surface area contributed by atoms with E-state index in [0.717, 1.165) is 4.88 Å². The standard InChI is InChI=1S/C21H27N5O4S/c1-12-10-11-15(31-12)17(21(2,3)4)23-18-19(26(29)30-24-18)22-14-9-7-8-13(16(14)27)20(28)25(5)6/h7-11,17,29H,1-6H3,(H2,23,24,27,28)/p+1/t17-/m0/s1. The summed E-state index contributed by atoms with van der Waals surface area (Å²) in [5, 5.41) is 31.0.